The third-order valence-electron chi connectivity index (χ3n) is 3.71. The molecule has 0 spiro atoms. The first-order chi connectivity index (χ1) is 11.8. The van der Waals surface area contributed by atoms with Crippen molar-refractivity contribution in [3.8, 4) is 0 Å². The van der Waals surface area contributed by atoms with Crippen LogP contribution in [0.3, 0.4) is 0 Å². The Kier molecular flexibility index (Phi) is 6.82. The van der Waals surface area contributed by atoms with E-state index in [0.717, 1.165) is 12.0 Å². The molecule has 2 N–H and O–H groups in total. The van der Waals surface area contributed by atoms with Crippen molar-refractivity contribution >= 4 is 27.7 Å². The predicted molar refractivity (Wildman–Crippen MR) is 100 cm³/mol. The number of hydrogen-bond donors (Lipinski definition) is 2. The average Bonchev–Trinajstić information content (AvgIpc) is 2.99. The molecule has 0 aliphatic rings. The van der Waals surface area contributed by atoms with E-state index >= 15 is 0 Å². The molecule has 2 aromatic rings. The van der Waals surface area contributed by atoms with E-state index < -0.39 is 5.91 Å². The molecule has 2 rings (SSSR count). The molecule has 0 radical (unpaired) electrons. The molecule has 1 aromatic carbocycles. The summed E-state index contributed by atoms with van der Waals surface area (Å²) in [5, 5.41) is 5.41. The van der Waals surface area contributed by atoms with Gasteiger partial charge in [0.1, 0.15) is 0 Å². The van der Waals surface area contributed by atoms with Crippen LogP contribution in [0.15, 0.2) is 45.5 Å². The second-order valence-electron chi connectivity index (χ2n) is 6.42. The minimum atomic E-state index is -0.424. The Labute approximate surface area is 156 Å². The molecule has 0 saturated heterocycles. The van der Waals surface area contributed by atoms with E-state index in [1.165, 1.54) is 5.56 Å². The molecule has 5 nitrogen and oxygen atoms in total. The zero-order valence-electron chi connectivity index (χ0n) is 14.6. The van der Waals surface area contributed by atoms with Gasteiger partial charge in [0.15, 0.2) is 10.4 Å². The maximum atomic E-state index is 12.0. The van der Waals surface area contributed by atoms with E-state index in [9.17, 15) is 9.59 Å². The quantitative estimate of drug-likeness (QED) is 0.733. The fourth-order valence-electron chi connectivity index (χ4n) is 2.47. The highest BCUT2D eigenvalue weighted by Gasteiger charge is 2.14. The minimum Gasteiger partial charge on any atom is -0.444 e. The Morgan fingerprint density at radius 3 is 2.32 bits per heavy atom. The van der Waals surface area contributed by atoms with Gasteiger partial charge in [0, 0.05) is 0 Å². The lowest BCUT2D eigenvalue weighted by Crippen LogP contribution is -2.37. The Bertz CT molecular complexity index is 723. The van der Waals surface area contributed by atoms with Crippen LogP contribution in [0, 0.1) is 5.92 Å². The van der Waals surface area contributed by atoms with Crippen LogP contribution in [0.2, 0.25) is 0 Å². The SMILES string of the molecule is CC(C)Cc1ccc([C@@H](C)NC(=O)CNC(=O)c2ccc(Br)o2)cc1. The summed E-state index contributed by atoms with van der Waals surface area (Å²) in [6.07, 6.45) is 1.04. The van der Waals surface area contributed by atoms with E-state index in [4.69, 9.17) is 4.42 Å². The third kappa shape index (κ3) is 6.05. The summed E-state index contributed by atoms with van der Waals surface area (Å²) in [6, 6.07) is 11.3. The van der Waals surface area contributed by atoms with E-state index in [-0.39, 0.29) is 24.3 Å². The Hall–Kier alpha value is -2.08. The van der Waals surface area contributed by atoms with Crippen molar-refractivity contribution in [2.75, 3.05) is 6.54 Å². The van der Waals surface area contributed by atoms with E-state index in [0.29, 0.717) is 10.6 Å². The van der Waals surface area contributed by atoms with Crippen LogP contribution < -0.4 is 10.6 Å². The normalized spacial score (nSPS) is 12.0. The lowest BCUT2D eigenvalue weighted by atomic mass is 10.00. The van der Waals surface area contributed by atoms with Gasteiger partial charge in [0.05, 0.1) is 12.6 Å². The molecular formula is C19H23BrN2O3. The van der Waals surface area contributed by atoms with Crippen LogP contribution in [0.25, 0.3) is 0 Å². The standard InChI is InChI=1S/C19H23BrN2O3/c1-12(2)10-14-4-6-15(7-5-14)13(3)22-18(23)11-21-19(24)16-8-9-17(20)25-16/h4-9,12-13H,10-11H2,1-3H3,(H,21,24)(H,22,23)/t13-/m1/s1. The third-order valence-corrected chi connectivity index (χ3v) is 4.13. The molecule has 0 bridgehead atoms. The van der Waals surface area contributed by atoms with Crippen LogP contribution in [0.5, 0.6) is 0 Å². The first-order valence-corrected chi connectivity index (χ1v) is 9.06. The van der Waals surface area contributed by atoms with E-state index in [2.05, 4.69) is 52.5 Å². The summed E-state index contributed by atoms with van der Waals surface area (Å²) < 4.78 is 5.61. The molecule has 134 valence electrons. The zero-order valence-corrected chi connectivity index (χ0v) is 16.2. The second-order valence-corrected chi connectivity index (χ2v) is 7.20. The molecule has 0 saturated carbocycles. The first kappa shape index (κ1) is 19.2. The fraction of sp³-hybridized carbons (Fsp3) is 0.368. The minimum absolute atomic E-state index is 0.104. The summed E-state index contributed by atoms with van der Waals surface area (Å²) >= 11 is 3.13. The van der Waals surface area contributed by atoms with Crippen LogP contribution in [-0.4, -0.2) is 18.4 Å². The van der Waals surface area contributed by atoms with Gasteiger partial charge in [-0.1, -0.05) is 38.1 Å². The summed E-state index contributed by atoms with van der Waals surface area (Å²) in [4.78, 5) is 23.9. The number of halogens is 1. The maximum Gasteiger partial charge on any atom is 0.287 e. The van der Waals surface area contributed by atoms with Gasteiger partial charge in [0.25, 0.3) is 5.91 Å². The number of rotatable bonds is 7. The Morgan fingerprint density at radius 1 is 1.08 bits per heavy atom. The number of carbonyl (C=O) groups is 2. The number of amides is 2. The fourth-order valence-corrected chi connectivity index (χ4v) is 2.78. The van der Waals surface area contributed by atoms with Crippen molar-refractivity contribution in [1.29, 1.82) is 0 Å². The Morgan fingerprint density at radius 2 is 1.76 bits per heavy atom. The largest absolute Gasteiger partial charge is 0.444 e. The molecule has 0 aliphatic carbocycles. The molecule has 1 atom stereocenters. The zero-order chi connectivity index (χ0) is 18.4. The average molecular weight is 407 g/mol. The molecule has 6 heteroatoms. The van der Waals surface area contributed by atoms with Gasteiger partial charge in [-0.05, 0) is 58.5 Å². The molecular weight excluding hydrogens is 384 g/mol. The molecule has 25 heavy (non-hydrogen) atoms. The number of benzene rings is 1. The topological polar surface area (TPSA) is 71.3 Å². The van der Waals surface area contributed by atoms with Crippen LogP contribution in [-0.2, 0) is 11.2 Å². The lowest BCUT2D eigenvalue weighted by molar-refractivity contribution is -0.120. The van der Waals surface area contributed by atoms with Gasteiger partial charge in [0.2, 0.25) is 5.91 Å². The van der Waals surface area contributed by atoms with Crippen LogP contribution in [0.4, 0.5) is 0 Å². The maximum absolute atomic E-state index is 12.0. The van der Waals surface area contributed by atoms with Crippen molar-refractivity contribution in [3.63, 3.8) is 0 Å². The van der Waals surface area contributed by atoms with Crippen LogP contribution >= 0.6 is 15.9 Å². The molecule has 0 aliphatic heterocycles. The number of nitrogens with one attached hydrogen (secondary N) is 2. The number of carbonyl (C=O) groups excluding carboxylic acids is 2. The molecule has 0 fully saturated rings. The van der Waals surface area contributed by atoms with Gasteiger partial charge in [-0.3, -0.25) is 9.59 Å². The van der Waals surface area contributed by atoms with Crippen molar-refractivity contribution in [3.05, 3.63) is 58.0 Å². The van der Waals surface area contributed by atoms with E-state index in [1.54, 1.807) is 12.1 Å². The second kappa shape index (κ2) is 8.85. The van der Waals surface area contributed by atoms with Gasteiger partial charge in [-0.2, -0.15) is 0 Å². The highest BCUT2D eigenvalue weighted by molar-refractivity contribution is 9.10. The van der Waals surface area contributed by atoms with Crippen molar-refractivity contribution in [2.24, 2.45) is 5.92 Å². The summed E-state index contributed by atoms with van der Waals surface area (Å²) in [6.45, 7) is 6.19. The Balaban J connectivity index is 1.82. The highest BCUT2D eigenvalue weighted by atomic mass is 79.9. The van der Waals surface area contributed by atoms with Crippen LogP contribution in [0.1, 0.15) is 48.5 Å². The van der Waals surface area contributed by atoms with Crippen molar-refractivity contribution in [1.82, 2.24) is 10.6 Å². The summed E-state index contributed by atoms with van der Waals surface area (Å²) in [5.41, 5.74) is 2.32. The predicted octanol–water partition coefficient (Wildman–Crippen LogP) is 3.85. The smallest absolute Gasteiger partial charge is 0.287 e. The van der Waals surface area contributed by atoms with Crippen molar-refractivity contribution in [2.45, 2.75) is 33.2 Å². The molecule has 1 heterocycles. The van der Waals surface area contributed by atoms with Gasteiger partial charge in [-0.15, -0.1) is 0 Å². The monoisotopic (exact) mass is 406 g/mol. The lowest BCUT2D eigenvalue weighted by Gasteiger charge is -2.15. The highest BCUT2D eigenvalue weighted by Crippen LogP contribution is 2.16. The van der Waals surface area contributed by atoms with E-state index in [1.807, 2.05) is 19.1 Å². The first-order valence-electron chi connectivity index (χ1n) is 8.27. The molecule has 2 amide bonds. The molecule has 0 unspecified atom stereocenters. The van der Waals surface area contributed by atoms with Gasteiger partial charge < -0.3 is 15.1 Å². The van der Waals surface area contributed by atoms with Gasteiger partial charge in [-0.25, -0.2) is 0 Å². The number of furan rings is 1. The van der Waals surface area contributed by atoms with Crippen molar-refractivity contribution < 1.29 is 14.0 Å². The molecule has 1 aromatic heterocycles. The number of hydrogen-bond acceptors (Lipinski definition) is 3. The summed E-state index contributed by atoms with van der Waals surface area (Å²) in [7, 11) is 0. The van der Waals surface area contributed by atoms with Gasteiger partial charge >= 0.3 is 0 Å². The summed E-state index contributed by atoms with van der Waals surface area (Å²) in [5.74, 6) is 0.0964.